The number of rotatable bonds is 3. The van der Waals surface area contributed by atoms with E-state index in [0.717, 1.165) is 12.8 Å². The largest absolute Gasteiger partial charge is 0.469 e. The number of hydrogen-bond acceptors (Lipinski definition) is 5. The van der Waals surface area contributed by atoms with Gasteiger partial charge in [0.05, 0.1) is 20.1 Å². The predicted molar refractivity (Wildman–Crippen MR) is 74.0 cm³/mol. The van der Waals surface area contributed by atoms with Crippen LogP contribution in [-0.4, -0.2) is 37.7 Å². The molecule has 1 aliphatic heterocycles. The molecule has 20 heavy (non-hydrogen) atoms. The highest BCUT2D eigenvalue weighted by Crippen LogP contribution is 2.39. The summed E-state index contributed by atoms with van der Waals surface area (Å²) in [5.41, 5.74) is -0.782. The monoisotopic (exact) mass is 283 g/mol. The second-order valence-electron chi connectivity index (χ2n) is 6.23. The van der Waals surface area contributed by atoms with Crippen molar-refractivity contribution in [2.45, 2.75) is 57.0 Å². The van der Waals surface area contributed by atoms with Gasteiger partial charge in [-0.05, 0) is 32.1 Å². The van der Waals surface area contributed by atoms with E-state index in [4.69, 9.17) is 9.47 Å². The topological polar surface area (TPSA) is 64.6 Å². The average Bonchev–Trinajstić information content (AvgIpc) is 2.86. The Kier molecular flexibility index (Phi) is 4.68. The molecule has 0 unspecified atom stereocenters. The van der Waals surface area contributed by atoms with Gasteiger partial charge in [0.15, 0.2) is 0 Å². The molecule has 1 saturated heterocycles. The van der Waals surface area contributed by atoms with Gasteiger partial charge in [0.2, 0.25) is 0 Å². The lowest BCUT2D eigenvalue weighted by molar-refractivity contribution is -0.148. The summed E-state index contributed by atoms with van der Waals surface area (Å²) in [6.07, 6.45) is 6.34. The molecule has 1 saturated carbocycles. The Morgan fingerprint density at radius 2 is 1.75 bits per heavy atom. The van der Waals surface area contributed by atoms with Gasteiger partial charge in [-0.15, -0.1) is 0 Å². The van der Waals surface area contributed by atoms with Gasteiger partial charge in [-0.3, -0.25) is 14.9 Å². The first kappa shape index (κ1) is 15.3. The molecule has 114 valence electrons. The summed E-state index contributed by atoms with van der Waals surface area (Å²) < 4.78 is 9.81. The molecule has 2 rings (SSSR count). The van der Waals surface area contributed by atoms with E-state index in [-0.39, 0.29) is 23.9 Å². The molecule has 0 radical (unpaired) electrons. The third-order valence-electron chi connectivity index (χ3n) is 4.84. The predicted octanol–water partition coefficient (Wildman–Crippen LogP) is 1.65. The minimum atomic E-state index is -0.782. The fourth-order valence-electron chi connectivity index (χ4n) is 3.78. The third-order valence-corrected chi connectivity index (χ3v) is 4.84. The summed E-state index contributed by atoms with van der Waals surface area (Å²) in [4.78, 5) is 24.0. The molecule has 0 aromatic rings. The fourth-order valence-corrected chi connectivity index (χ4v) is 3.78. The number of ether oxygens (including phenoxy) is 2. The minimum Gasteiger partial charge on any atom is -0.469 e. The number of nitrogens with one attached hydrogen (secondary N) is 1. The molecule has 2 fully saturated rings. The summed E-state index contributed by atoms with van der Waals surface area (Å²) in [6, 6.07) is 0.0202. The Morgan fingerprint density at radius 3 is 2.30 bits per heavy atom. The Morgan fingerprint density at radius 1 is 1.10 bits per heavy atom. The summed E-state index contributed by atoms with van der Waals surface area (Å²) >= 11 is 0. The summed E-state index contributed by atoms with van der Waals surface area (Å²) in [5, 5.41) is 3.38. The zero-order chi connectivity index (χ0) is 14.8. The van der Waals surface area contributed by atoms with Crippen LogP contribution in [-0.2, 0) is 19.1 Å². The van der Waals surface area contributed by atoms with E-state index in [2.05, 4.69) is 5.32 Å². The van der Waals surface area contributed by atoms with Gasteiger partial charge >= 0.3 is 11.9 Å². The quantitative estimate of drug-likeness (QED) is 0.798. The number of carbonyl (C=O) groups is 2. The van der Waals surface area contributed by atoms with Gasteiger partial charge in [-0.1, -0.05) is 19.3 Å². The Balaban J connectivity index is 2.18. The molecule has 1 aliphatic carbocycles. The van der Waals surface area contributed by atoms with E-state index >= 15 is 0 Å². The number of methoxy groups -OCH3 is 2. The van der Waals surface area contributed by atoms with Gasteiger partial charge in [-0.2, -0.15) is 0 Å². The summed E-state index contributed by atoms with van der Waals surface area (Å²) in [6.45, 7) is 1.82. The second kappa shape index (κ2) is 6.12. The lowest BCUT2D eigenvalue weighted by Crippen LogP contribution is -2.50. The van der Waals surface area contributed by atoms with Crippen molar-refractivity contribution in [1.82, 2.24) is 5.32 Å². The number of hydrogen-bond donors (Lipinski definition) is 1. The van der Waals surface area contributed by atoms with Crippen LogP contribution < -0.4 is 5.32 Å². The maximum absolute atomic E-state index is 12.1. The van der Waals surface area contributed by atoms with Crippen molar-refractivity contribution in [3.05, 3.63) is 0 Å². The molecule has 0 amide bonds. The molecular weight excluding hydrogens is 258 g/mol. The molecule has 3 atom stereocenters. The van der Waals surface area contributed by atoms with Crippen molar-refractivity contribution in [3.8, 4) is 0 Å². The van der Waals surface area contributed by atoms with E-state index in [1.165, 1.54) is 33.5 Å². The van der Waals surface area contributed by atoms with Crippen LogP contribution >= 0.6 is 0 Å². The molecule has 5 heteroatoms. The van der Waals surface area contributed by atoms with Crippen LogP contribution in [0.3, 0.4) is 0 Å². The van der Waals surface area contributed by atoms with Gasteiger partial charge in [0, 0.05) is 6.04 Å². The van der Waals surface area contributed by atoms with Crippen LogP contribution in [0.4, 0.5) is 0 Å². The van der Waals surface area contributed by atoms with Crippen molar-refractivity contribution in [1.29, 1.82) is 0 Å². The van der Waals surface area contributed by atoms with Gasteiger partial charge in [0.1, 0.15) is 5.54 Å². The van der Waals surface area contributed by atoms with E-state index in [9.17, 15) is 9.59 Å². The van der Waals surface area contributed by atoms with Gasteiger partial charge in [-0.25, -0.2) is 0 Å². The van der Waals surface area contributed by atoms with Crippen LogP contribution in [0.25, 0.3) is 0 Å². The van der Waals surface area contributed by atoms with Crippen molar-refractivity contribution >= 4 is 11.9 Å². The maximum Gasteiger partial charge on any atom is 0.325 e. The van der Waals surface area contributed by atoms with Gasteiger partial charge < -0.3 is 9.47 Å². The summed E-state index contributed by atoms with van der Waals surface area (Å²) in [7, 11) is 2.80. The highest BCUT2D eigenvalue weighted by Gasteiger charge is 2.52. The van der Waals surface area contributed by atoms with Crippen molar-refractivity contribution in [3.63, 3.8) is 0 Å². The third kappa shape index (κ3) is 2.82. The van der Waals surface area contributed by atoms with E-state index in [1.807, 2.05) is 6.92 Å². The fraction of sp³-hybridized carbons (Fsp3) is 0.867. The van der Waals surface area contributed by atoms with Crippen molar-refractivity contribution in [2.75, 3.05) is 14.2 Å². The first-order chi connectivity index (χ1) is 9.51. The lowest BCUT2D eigenvalue weighted by Gasteiger charge is -2.31. The molecule has 0 aromatic carbocycles. The van der Waals surface area contributed by atoms with Crippen LogP contribution in [0.1, 0.15) is 45.4 Å². The van der Waals surface area contributed by atoms with Gasteiger partial charge in [0.25, 0.3) is 0 Å². The van der Waals surface area contributed by atoms with E-state index < -0.39 is 5.54 Å². The SMILES string of the molecule is COC(=O)[C@H]1C[C@@](C)(C(=O)OC)N[C@H]1C1CCCCC1. The smallest absolute Gasteiger partial charge is 0.325 e. The standard InChI is InChI=1S/C15H25NO4/c1-15(14(18)20-3)9-11(13(17)19-2)12(16-15)10-7-5-4-6-8-10/h10-12,16H,4-9H2,1-3H3/t11-,12-,15-/m0/s1. The highest BCUT2D eigenvalue weighted by atomic mass is 16.5. The minimum absolute atomic E-state index is 0.0202. The normalized spacial score (nSPS) is 34.8. The zero-order valence-corrected chi connectivity index (χ0v) is 12.6. The van der Waals surface area contributed by atoms with Crippen molar-refractivity contribution in [2.24, 2.45) is 11.8 Å². The molecule has 1 N–H and O–H groups in total. The molecule has 2 aliphatic rings. The Hall–Kier alpha value is -1.10. The maximum atomic E-state index is 12.1. The number of carbonyl (C=O) groups excluding carboxylic acids is 2. The van der Waals surface area contributed by atoms with Crippen LogP contribution in [0.5, 0.6) is 0 Å². The molecule has 1 heterocycles. The van der Waals surface area contributed by atoms with Crippen LogP contribution in [0.2, 0.25) is 0 Å². The highest BCUT2D eigenvalue weighted by molar-refractivity contribution is 5.83. The van der Waals surface area contributed by atoms with Crippen LogP contribution in [0, 0.1) is 11.8 Å². The first-order valence-electron chi connectivity index (χ1n) is 7.46. The molecule has 0 bridgehead atoms. The second-order valence-corrected chi connectivity index (χ2v) is 6.23. The number of esters is 2. The molecule has 0 aromatic heterocycles. The van der Waals surface area contributed by atoms with E-state index in [0.29, 0.717) is 12.3 Å². The molecule has 5 nitrogen and oxygen atoms in total. The lowest BCUT2D eigenvalue weighted by atomic mass is 9.79. The molecular formula is C15H25NO4. The van der Waals surface area contributed by atoms with Crippen molar-refractivity contribution < 1.29 is 19.1 Å². The Bertz CT molecular complexity index is 378. The zero-order valence-electron chi connectivity index (χ0n) is 12.6. The summed E-state index contributed by atoms with van der Waals surface area (Å²) in [5.74, 6) is -0.336. The molecule has 0 spiro atoms. The Labute approximate surface area is 120 Å². The first-order valence-corrected chi connectivity index (χ1v) is 7.46. The van der Waals surface area contributed by atoms with Crippen LogP contribution in [0.15, 0.2) is 0 Å². The average molecular weight is 283 g/mol. The van der Waals surface area contributed by atoms with E-state index in [1.54, 1.807) is 0 Å².